The summed E-state index contributed by atoms with van der Waals surface area (Å²) in [5, 5.41) is -0.708. The first-order valence-corrected chi connectivity index (χ1v) is 11.1. The van der Waals surface area contributed by atoms with E-state index in [4.69, 9.17) is 21.7 Å². The van der Waals surface area contributed by atoms with E-state index < -0.39 is 17.1 Å². The zero-order valence-corrected chi connectivity index (χ0v) is 19.0. The van der Waals surface area contributed by atoms with Gasteiger partial charge in [-0.05, 0) is 29.9 Å². The molecule has 0 aromatic heterocycles. The summed E-state index contributed by atoms with van der Waals surface area (Å²) < 4.78 is 10.3. The Kier molecular flexibility index (Phi) is 8.42. The van der Waals surface area contributed by atoms with Gasteiger partial charge in [-0.15, -0.1) is 0 Å². The van der Waals surface area contributed by atoms with Crippen LogP contribution in [0.4, 0.5) is 0 Å². The van der Waals surface area contributed by atoms with E-state index in [0.717, 1.165) is 17.3 Å². The number of methoxy groups -OCH3 is 1. The lowest BCUT2D eigenvalue weighted by molar-refractivity contribution is -0.139. The summed E-state index contributed by atoms with van der Waals surface area (Å²) in [4.78, 5) is 39.2. The van der Waals surface area contributed by atoms with Crippen molar-refractivity contribution in [2.24, 2.45) is 5.92 Å². The maximum Gasteiger partial charge on any atom is 0.339 e. The van der Waals surface area contributed by atoms with Gasteiger partial charge in [0.1, 0.15) is 5.25 Å². The van der Waals surface area contributed by atoms with E-state index in [1.54, 1.807) is 30.3 Å². The molecule has 0 N–H and O–H groups in total. The molecule has 1 aliphatic rings. The zero-order chi connectivity index (χ0) is 22.9. The molecule has 2 aromatic rings. The number of nitrogens with zero attached hydrogens (tertiary/aromatic N) is 1. The van der Waals surface area contributed by atoms with E-state index in [2.05, 4.69) is 11.8 Å². The molecule has 0 spiro atoms. The van der Waals surface area contributed by atoms with Crippen LogP contribution in [0.15, 0.2) is 60.7 Å². The molecule has 2 aromatic carbocycles. The summed E-state index contributed by atoms with van der Waals surface area (Å²) in [6.07, 6.45) is 0.142. The zero-order valence-electron chi connectivity index (χ0n) is 17.4. The predicted octanol–water partition coefficient (Wildman–Crippen LogP) is 3.46. The Bertz CT molecular complexity index is 1050. The maximum atomic E-state index is 13.0. The molecule has 1 aliphatic heterocycles. The summed E-state index contributed by atoms with van der Waals surface area (Å²) in [5.74, 6) is 3.87. The number of carbonyl (C=O) groups excluding carboxylic acids is 3. The highest BCUT2D eigenvalue weighted by atomic mass is 32.2. The molecule has 0 saturated carbocycles. The first-order chi connectivity index (χ1) is 15.5. The van der Waals surface area contributed by atoms with Gasteiger partial charge in [0, 0.05) is 6.42 Å². The number of esters is 1. The molecule has 1 heterocycles. The van der Waals surface area contributed by atoms with Crippen molar-refractivity contribution in [1.29, 1.82) is 0 Å². The van der Waals surface area contributed by atoms with Gasteiger partial charge in [0.15, 0.2) is 6.61 Å². The number of hydrogen-bond acceptors (Lipinski definition) is 7. The van der Waals surface area contributed by atoms with Gasteiger partial charge >= 0.3 is 5.97 Å². The Morgan fingerprint density at radius 3 is 2.34 bits per heavy atom. The molecule has 2 amide bonds. The van der Waals surface area contributed by atoms with E-state index in [1.807, 2.05) is 30.3 Å². The van der Waals surface area contributed by atoms with E-state index in [0.29, 0.717) is 5.56 Å². The van der Waals surface area contributed by atoms with Gasteiger partial charge in [0.25, 0.3) is 0 Å². The highest BCUT2D eigenvalue weighted by Gasteiger charge is 2.48. The Morgan fingerprint density at radius 2 is 1.69 bits per heavy atom. The van der Waals surface area contributed by atoms with Gasteiger partial charge in [0.05, 0.1) is 25.1 Å². The number of thioether (sulfide) groups is 1. The average Bonchev–Trinajstić information content (AvgIpc) is 3.03. The standard InChI is InChI=1S/C24H21NO5S2/c1-29-24(31)32-20-19(14-8-9-15-30-23(28)18-12-6-3-7-13-18)21(26)25(22(20)27)16-17-10-4-2-5-11-17/h2-7,10-13,19-20H,14-16H2,1H3/t19-,20-/m1/s1. The third-order valence-electron chi connectivity index (χ3n) is 4.76. The molecule has 32 heavy (non-hydrogen) atoms. The molecular formula is C24H21NO5S2. The number of hydrogen-bond donors (Lipinski definition) is 0. The van der Waals surface area contributed by atoms with Crippen LogP contribution in [0.3, 0.4) is 0 Å². The minimum absolute atomic E-state index is 0.107. The largest absolute Gasteiger partial charge is 0.482 e. The van der Waals surface area contributed by atoms with E-state index in [1.165, 1.54) is 12.0 Å². The Hall–Kier alpha value is -3.15. The van der Waals surface area contributed by atoms with Gasteiger partial charge in [-0.2, -0.15) is 0 Å². The van der Waals surface area contributed by atoms with E-state index in [9.17, 15) is 14.4 Å². The van der Waals surface area contributed by atoms with Gasteiger partial charge in [-0.3, -0.25) is 14.5 Å². The van der Waals surface area contributed by atoms with Crippen LogP contribution in [0.2, 0.25) is 0 Å². The molecule has 0 unspecified atom stereocenters. The number of ether oxygens (including phenoxy) is 2. The lowest BCUT2D eigenvalue weighted by Gasteiger charge is -2.14. The van der Waals surface area contributed by atoms with E-state index >= 15 is 0 Å². The van der Waals surface area contributed by atoms with Crippen molar-refractivity contribution in [3.63, 3.8) is 0 Å². The first-order valence-electron chi connectivity index (χ1n) is 9.83. The SMILES string of the molecule is COC(=S)S[C@H]1C(=O)N(Cc2ccccc2)C(=O)[C@@H]1CC#CCOC(=O)c1ccccc1. The van der Waals surface area contributed by atoms with Crippen molar-refractivity contribution in [3.05, 3.63) is 71.8 Å². The molecule has 0 bridgehead atoms. The van der Waals surface area contributed by atoms with Crippen LogP contribution in [-0.4, -0.2) is 46.0 Å². The predicted molar refractivity (Wildman–Crippen MR) is 126 cm³/mol. The lowest BCUT2D eigenvalue weighted by atomic mass is 10.0. The van der Waals surface area contributed by atoms with Gasteiger partial charge in [-0.1, -0.05) is 72.1 Å². The number of imide groups is 1. The van der Waals surface area contributed by atoms with Crippen LogP contribution in [0.5, 0.6) is 0 Å². The molecule has 1 saturated heterocycles. The molecule has 8 heteroatoms. The van der Waals surface area contributed by atoms with Crippen molar-refractivity contribution < 1.29 is 23.9 Å². The number of thiocarbonyl (C=S) groups is 1. The average molecular weight is 468 g/mol. The number of amides is 2. The molecule has 6 nitrogen and oxygen atoms in total. The smallest absolute Gasteiger partial charge is 0.339 e. The van der Waals surface area contributed by atoms with Crippen LogP contribution in [-0.2, 0) is 25.6 Å². The van der Waals surface area contributed by atoms with Crippen LogP contribution in [0.1, 0.15) is 22.3 Å². The van der Waals surface area contributed by atoms with Crippen LogP contribution >= 0.6 is 24.0 Å². The van der Waals surface area contributed by atoms with Gasteiger partial charge in [-0.25, -0.2) is 4.79 Å². The van der Waals surface area contributed by atoms with Crippen molar-refractivity contribution >= 4 is 46.1 Å². The summed E-state index contributed by atoms with van der Waals surface area (Å²) in [6.45, 7) is 0.0819. The Labute approximate surface area is 196 Å². The molecule has 1 fully saturated rings. The minimum atomic E-state index is -0.708. The second-order valence-corrected chi connectivity index (χ2v) is 8.59. The Morgan fingerprint density at radius 1 is 1.03 bits per heavy atom. The molecule has 0 radical (unpaired) electrons. The van der Waals surface area contributed by atoms with Crippen LogP contribution in [0, 0.1) is 17.8 Å². The molecular weight excluding hydrogens is 446 g/mol. The fourth-order valence-electron chi connectivity index (χ4n) is 3.16. The van der Waals surface area contributed by atoms with Crippen molar-refractivity contribution in [2.45, 2.75) is 18.2 Å². The number of benzene rings is 2. The molecule has 164 valence electrons. The number of carbonyl (C=O) groups is 3. The normalized spacial score (nSPS) is 17.5. The second kappa shape index (κ2) is 11.5. The molecule has 0 aliphatic carbocycles. The van der Waals surface area contributed by atoms with E-state index in [-0.39, 0.29) is 35.8 Å². The van der Waals surface area contributed by atoms with Crippen LogP contribution < -0.4 is 0 Å². The van der Waals surface area contributed by atoms with Gasteiger partial charge < -0.3 is 9.47 Å². The summed E-state index contributed by atoms with van der Waals surface area (Å²) >= 11 is 6.15. The molecule has 3 rings (SSSR count). The number of likely N-dealkylation sites (tertiary alicyclic amines) is 1. The van der Waals surface area contributed by atoms with Crippen LogP contribution in [0.25, 0.3) is 0 Å². The van der Waals surface area contributed by atoms with Gasteiger partial charge in [0.2, 0.25) is 16.2 Å². The monoisotopic (exact) mass is 467 g/mol. The quantitative estimate of drug-likeness (QED) is 0.279. The third kappa shape index (κ3) is 5.96. The summed E-state index contributed by atoms with van der Waals surface area (Å²) in [7, 11) is 1.42. The molecule has 2 atom stereocenters. The topological polar surface area (TPSA) is 72.9 Å². The summed E-state index contributed by atoms with van der Waals surface area (Å²) in [6, 6.07) is 17.9. The number of rotatable bonds is 6. The minimum Gasteiger partial charge on any atom is -0.482 e. The maximum absolute atomic E-state index is 13.0. The van der Waals surface area contributed by atoms with Crippen molar-refractivity contribution in [1.82, 2.24) is 4.90 Å². The fraction of sp³-hybridized carbons (Fsp3) is 0.250. The first kappa shape index (κ1) is 23.5. The summed E-state index contributed by atoms with van der Waals surface area (Å²) in [5.41, 5.74) is 1.29. The fourth-order valence-corrected chi connectivity index (χ4v) is 4.38. The third-order valence-corrected chi connectivity index (χ3v) is 6.36. The van der Waals surface area contributed by atoms with Crippen molar-refractivity contribution in [2.75, 3.05) is 13.7 Å². The van der Waals surface area contributed by atoms with Crippen molar-refractivity contribution in [3.8, 4) is 11.8 Å². The Balaban J connectivity index is 1.65. The second-order valence-electron chi connectivity index (χ2n) is 6.85. The highest BCUT2D eigenvalue weighted by Crippen LogP contribution is 2.34. The lowest BCUT2D eigenvalue weighted by Crippen LogP contribution is -2.31. The highest BCUT2D eigenvalue weighted by molar-refractivity contribution is 8.23.